The van der Waals surface area contributed by atoms with Crippen molar-refractivity contribution in [2.45, 2.75) is 32.7 Å². The van der Waals surface area contributed by atoms with E-state index in [1.807, 2.05) is 6.92 Å². The van der Waals surface area contributed by atoms with Crippen LogP contribution in [0.5, 0.6) is 6.01 Å². The number of aromatic nitrogens is 5. The van der Waals surface area contributed by atoms with Gasteiger partial charge in [-0.05, 0) is 32.0 Å². The van der Waals surface area contributed by atoms with E-state index < -0.39 is 30.5 Å². The lowest BCUT2D eigenvalue weighted by Crippen LogP contribution is -2.21. The summed E-state index contributed by atoms with van der Waals surface area (Å²) in [5.41, 5.74) is 1.46. The molecule has 2 aromatic heterocycles. The van der Waals surface area contributed by atoms with E-state index in [9.17, 15) is 26.3 Å². The Morgan fingerprint density at radius 3 is 2.30 bits per heavy atom. The molecule has 2 N–H and O–H groups in total. The van der Waals surface area contributed by atoms with Crippen molar-refractivity contribution in [2.24, 2.45) is 7.05 Å². The number of rotatable bonds is 7. The summed E-state index contributed by atoms with van der Waals surface area (Å²) in [6, 6.07) is 3.53. The van der Waals surface area contributed by atoms with Crippen molar-refractivity contribution < 1.29 is 31.1 Å². The predicted molar refractivity (Wildman–Crippen MR) is 106 cm³/mol. The summed E-state index contributed by atoms with van der Waals surface area (Å²) < 4.78 is 82.8. The first-order valence-electron chi connectivity index (χ1n) is 9.44. The second-order valence-electron chi connectivity index (χ2n) is 7.00. The average Bonchev–Trinajstić information content (AvgIpc) is 2.95. The number of ether oxygens (including phenoxy) is 1. The third-order valence-corrected chi connectivity index (χ3v) is 4.51. The highest BCUT2D eigenvalue weighted by molar-refractivity contribution is 5.56. The van der Waals surface area contributed by atoms with Crippen molar-refractivity contribution in [3.05, 3.63) is 46.8 Å². The molecule has 0 saturated heterocycles. The van der Waals surface area contributed by atoms with Crippen LogP contribution in [0.3, 0.4) is 0 Å². The topological polar surface area (TPSA) is 89.8 Å². The van der Waals surface area contributed by atoms with E-state index in [1.54, 1.807) is 18.7 Å². The van der Waals surface area contributed by atoms with Crippen LogP contribution in [-0.2, 0) is 19.8 Å². The van der Waals surface area contributed by atoms with Crippen LogP contribution in [0.25, 0.3) is 0 Å². The molecule has 0 unspecified atom stereocenters. The summed E-state index contributed by atoms with van der Waals surface area (Å²) in [5, 5.41) is 9.67. The Kier molecular flexibility index (Phi) is 6.65. The summed E-state index contributed by atoms with van der Waals surface area (Å²) in [7, 11) is 1.76. The summed E-state index contributed by atoms with van der Waals surface area (Å²) in [4.78, 5) is 11.6. The molecule has 0 bridgehead atoms. The smallest absolute Gasteiger partial charge is 0.422 e. The molecule has 2 heterocycles. The zero-order valence-electron chi connectivity index (χ0n) is 17.6. The number of hydrogen-bond acceptors (Lipinski definition) is 7. The first kappa shape index (κ1) is 24.1. The molecule has 0 spiro atoms. The Labute approximate surface area is 184 Å². The van der Waals surface area contributed by atoms with Crippen molar-refractivity contribution in [3.63, 3.8) is 0 Å². The van der Waals surface area contributed by atoms with Crippen molar-refractivity contribution in [3.8, 4) is 6.01 Å². The van der Waals surface area contributed by atoms with E-state index in [0.29, 0.717) is 0 Å². The van der Waals surface area contributed by atoms with Crippen LogP contribution in [0.15, 0.2) is 24.3 Å². The molecule has 1 aromatic carbocycles. The zero-order valence-corrected chi connectivity index (χ0v) is 17.6. The van der Waals surface area contributed by atoms with Gasteiger partial charge in [0, 0.05) is 30.5 Å². The van der Waals surface area contributed by atoms with Crippen LogP contribution in [0.2, 0.25) is 0 Å². The number of alkyl halides is 6. The molecule has 8 nitrogen and oxygen atoms in total. The number of nitrogens with one attached hydrogen (secondary N) is 2. The summed E-state index contributed by atoms with van der Waals surface area (Å²) >= 11 is 0. The molecule has 0 aliphatic heterocycles. The average molecular weight is 475 g/mol. The molecule has 3 aromatic rings. The summed E-state index contributed by atoms with van der Waals surface area (Å²) in [6.45, 7) is 2.16. The highest BCUT2D eigenvalue weighted by Crippen LogP contribution is 2.31. The number of nitrogens with zero attached hydrogens (tertiary/aromatic N) is 5. The van der Waals surface area contributed by atoms with Crippen LogP contribution in [-0.4, -0.2) is 37.5 Å². The molecule has 0 atom stereocenters. The van der Waals surface area contributed by atoms with Gasteiger partial charge in [0.15, 0.2) is 6.61 Å². The number of aryl methyl sites for hydroxylation is 2. The van der Waals surface area contributed by atoms with Crippen LogP contribution >= 0.6 is 0 Å². The molecule has 178 valence electrons. The molecular formula is C19H19F6N7O. The number of halogens is 6. The lowest BCUT2D eigenvalue weighted by molar-refractivity contribution is -0.154. The Balaban J connectivity index is 1.87. The second-order valence-corrected chi connectivity index (χ2v) is 7.00. The SMILES string of the molecule is Cc1nn(C)c(C)c1CNc1nc(Nc2cccc(C(F)(F)F)c2)nc(OCC(F)(F)F)n1. The first-order valence-corrected chi connectivity index (χ1v) is 9.44. The highest BCUT2D eigenvalue weighted by atomic mass is 19.4. The molecule has 0 saturated carbocycles. The third kappa shape index (κ3) is 6.46. The lowest BCUT2D eigenvalue weighted by Gasteiger charge is -2.13. The van der Waals surface area contributed by atoms with Gasteiger partial charge in [0.25, 0.3) is 0 Å². The van der Waals surface area contributed by atoms with Gasteiger partial charge in [-0.25, -0.2) is 0 Å². The predicted octanol–water partition coefficient (Wildman–Crippen LogP) is 4.54. The quantitative estimate of drug-likeness (QED) is 0.485. The molecule has 0 fully saturated rings. The van der Waals surface area contributed by atoms with Gasteiger partial charge >= 0.3 is 18.4 Å². The normalized spacial score (nSPS) is 12.0. The molecule has 0 aliphatic rings. The summed E-state index contributed by atoms with van der Waals surface area (Å²) in [5.74, 6) is -0.442. The fourth-order valence-electron chi connectivity index (χ4n) is 2.85. The van der Waals surface area contributed by atoms with Gasteiger partial charge in [0.1, 0.15) is 0 Å². The van der Waals surface area contributed by atoms with Crippen molar-refractivity contribution >= 4 is 17.6 Å². The van der Waals surface area contributed by atoms with Crippen molar-refractivity contribution in [2.75, 3.05) is 17.2 Å². The van der Waals surface area contributed by atoms with Gasteiger partial charge in [-0.3, -0.25) is 4.68 Å². The van der Waals surface area contributed by atoms with Crippen molar-refractivity contribution in [1.29, 1.82) is 0 Å². The minimum atomic E-state index is -4.64. The van der Waals surface area contributed by atoms with E-state index in [1.165, 1.54) is 12.1 Å². The van der Waals surface area contributed by atoms with Crippen LogP contribution in [0, 0.1) is 13.8 Å². The third-order valence-electron chi connectivity index (χ3n) is 4.51. The highest BCUT2D eigenvalue weighted by Gasteiger charge is 2.31. The largest absolute Gasteiger partial charge is 0.454 e. The lowest BCUT2D eigenvalue weighted by atomic mass is 10.2. The maximum absolute atomic E-state index is 13.0. The van der Waals surface area contributed by atoms with Crippen molar-refractivity contribution in [1.82, 2.24) is 24.7 Å². The van der Waals surface area contributed by atoms with Crippen LogP contribution < -0.4 is 15.4 Å². The number of hydrogen-bond donors (Lipinski definition) is 2. The molecule has 33 heavy (non-hydrogen) atoms. The first-order chi connectivity index (χ1) is 15.3. The molecule has 0 amide bonds. The standard InChI is InChI=1S/C19H19F6N7O/c1-10-14(11(2)32(3)31-10)8-26-15-28-16(30-17(29-15)33-9-18(20,21)22)27-13-6-4-5-12(7-13)19(23,24)25/h4-7H,8-9H2,1-3H3,(H2,26,27,28,29,30). The minimum absolute atomic E-state index is 0.0253. The summed E-state index contributed by atoms with van der Waals surface area (Å²) in [6.07, 6.45) is -9.22. The van der Waals surface area contributed by atoms with Gasteiger partial charge in [-0.1, -0.05) is 6.07 Å². The van der Waals surface area contributed by atoms with E-state index in [4.69, 9.17) is 0 Å². The van der Waals surface area contributed by atoms with Gasteiger partial charge in [-0.2, -0.15) is 46.4 Å². The van der Waals surface area contributed by atoms with E-state index in [2.05, 4.69) is 35.4 Å². The Hall–Kier alpha value is -3.58. The van der Waals surface area contributed by atoms with Gasteiger partial charge in [0.2, 0.25) is 11.9 Å². The molecular weight excluding hydrogens is 456 g/mol. The fourth-order valence-corrected chi connectivity index (χ4v) is 2.85. The Bertz CT molecular complexity index is 1130. The monoisotopic (exact) mass is 475 g/mol. The van der Waals surface area contributed by atoms with Gasteiger partial charge < -0.3 is 15.4 Å². The molecule has 3 rings (SSSR count). The second kappa shape index (κ2) is 9.11. The van der Waals surface area contributed by atoms with E-state index >= 15 is 0 Å². The van der Waals surface area contributed by atoms with Crippen LogP contribution in [0.1, 0.15) is 22.5 Å². The zero-order chi connectivity index (χ0) is 24.4. The number of benzene rings is 1. The molecule has 0 aliphatic carbocycles. The van der Waals surface area contributed by atoms with Crippen LogP contribution in [0.4, 0.5) is 43.9 Å². The van der Waals surface area contributed by atoms with Gasteiger partial charge in [0.05, 0.1) is 11.3 Å². The molecule has 0 radical (unpaired) electrons. The van der Waals surface area contributed by atoms with Gasteiger partial charge in [-0.15, -0.1) is 0 Å². The number of anilines is 3. The Morgan fingerprint density at radius 1 is 1.00 bits per heavy atom. The molecule has 14 heteroatoms. The fraction of sp³-hybridized carbons (Fsp3) is 0.368. The van der Waals surface area contributed by atoms with E-state index in [0.717, 1.165) is 29.1 Å². The Morgan fingerprint density at radius 2 is 1.70 bits per heavy atom. The minimum Gasteiger partial charge on any atom is -0.454 e. The maximum Gasteiger partial charge on any atom is 0.422 e. The maximum atomic E-state index is 13.0. The van der Waals surface area contributed by atoms with E-state index in [-0.39, 0.29) is 24.1 Å².